The molecule has 0 atom stereocenters. The minimum Gasteiger partial charge on any atom is -0.320 e. The van der Waals surface area contributed by atoms with Crippen LogP contribution in [0.4, 0.5) is 33.5 Å². The maximum atomic E-state index is 13.7. The van der Waals surface area contributed by atoms with Gasteiger partial charge in [0.15, 0.2) is 23.1 Å². The van der Waals surface area contributed by atoms with Crippen LogP contribution in [0.25, 0.3) is 5.69 Å². The number of amides is 1. The van der Waals surface area contributed by atoms with E-state index in [-0.39, 0.29) is 16.5 Å². The highest BCUT2D eigenvalue weighted by molar-refractivity contribution is 6.33. The number of rotatable bonds is 4. The maximum absolute atomic E-state index is 13.7. The Hall–Kier alpha value is -3.58. The van der Waals surface area contributed by atoms with Gasteiger partial charge in [0.1, 0.15) is 0 Å². The SMILES string of the molecule is O=C(Nc1cnc(N2N=CCN2)c(Cl)c1)c1cnn(-c2ccc(F)c(F)c2)c1C(F)(F)F. The molecule has 1 aliphatic rings. The largest absolute Gasteiger partial charge is 0.434 e. The van der Waals surface area contributed by atoms with Gasteiger partial charge < -0.3 is 5.32 Å². The molecular formula is C18H11ClF5N7O. The average Bonchev–Trinajstić information content (AvgIpc) is 3.40. The molecule has 8 nitrogen and oxygen atoms in total. The van der Waals surface area contributed by atoms with E-state index in [0.29, 0.717) is 29.6 Å². The van der Waals surface area contributed by atoms with Crippen LogP contribution in [-0.2, 0) is 6.18 Å². The standard InChI is InChI=1S/C18H11ClF5N7O/c19-12-5-9(7-25-16(12)31-26-3-4-27-31)29-17(32)11-8-28-30(15(11)18(22,23)24)10-1-2-13(20)14(21)6-10/h1-3,5-8,27H,4H2,(H,29,32). The van der Waals surface area contributed by atoms with Gasteiger partial charge in [0, 0.05) is 12.3 Å². The first kappa shape index (κ1) is 21.6. The summed E-state index contributed by atoms with van der Waals surface area (Å²) >= 11 is 6.12. The minimum atomic E-state index is -5.03. The van der Waals surface area contributed by atoms with Crippen LogP contribution in [0.3, 0.4) is 0 Å². The Kier molecular flexibility index (Phi) is 5.52. The molecule has 0 saturated heterocycles. The number of carbonyl (C=O) groups excluding carboxylic acids is 1. The van der Waals surface area contributed by atoms with Crippen molar-refractivity contribution in [1.82, 2.24) is 20.2 Å². The molecule has 32 heavy (non-hydrogen) atoms. The number of hydrazine groups is 1. The van der Waals surface area contributed by atoms with Crippen molar-refractivity contribution in [1.29, 1.82) is 0 Å². The quantitative estimate of drug-likeness (QED) is 0.566. The molecule has 1 aliphatic heterocycles. The van der Waals surface area contributed by atoms with Gasteiger partial charge in [-0.2, -0.15) is 28.5 Å². The molecule has 1 amide bonds. The first-order valence-corrected chi connectivity index (χ1v) is 9.16. The second-order valence-corrected chi connectivity index (χ2v) is 6.78. The molecule has 0 saturated carbocycles. The van der Waals surface area contributed by atoms with E-state index < -0.39 is 40.7 Å². The van der Waals surface area contributed by atoms with Crippen molar-refractivity contribution in [2.24, 2.45) is 5.10 Å². The third-order valence-electron chi connectivity index (χ3n) is 4.24. The van der Waals surface area contributed by atoms with Crippen LogP contribution in [0.5, 0.6) is 0 Å². The fraction of sp³-hybridized carbons (Fsp3) is 0.111. The van der Waals surface area contributed by atoms with E-state index in [1.807, 2.05) is 0 Å². The van der Waals surface area contributed by atoms with Crippen LogP contribution >= 0.6 is 11.6 Å². The number of aromatic nitrogens is 3. The van der Waals surface area contributed by atoms with Gasteiger partial charge in [0.05, 0.1) is 40.9 Å². The van der Waals surface area contributed by atoms with Gasteiger partial charge in [-0.15, -0.1) is 0 Å². The fourth-order valence-corrected chi connectivity index (χ4v) is 3.12. The molecular weight excluding hydrogens is 461 g/mol. The molecule has 3 heterocycles. The van der Waals surface area contributed by atoms with Crippen molar-refractivity contribution in [2.75, 3.05) is 17.0 Å². The van der Waals surface area contributed by atoms with Gasteiger partial charge in [-0.05, 0) is 18.2 Å². The molecule has 0 unspecified atom stereocenters. The Morgan fingerprint density at radius 2 is 1.94 bits per heavy atom. The number of alkyl halides is 3. The number of carbonyl (C=O) groups is 1. The molecule has 0 bridgehead atoms. The van der Waals surface area contributed by atoms with Crippen molar-refractivity contribution in [3.63, 3.8) is 0 Å². The number of anilines is 2. The minimum absolute atomic E-state index is 0.0145. The summed E-state index contributed by atoms with van der Waals surface area (Å²) in [5.74, 6) is -3.54. The van der Waals surface area contributed by atoms with Gasteiger partial charge in [0.2, 0.25) is 0 Å². The van der Waals surface area contributed by atoms with Crippen molar-refractivity contribution in [2.45, 2.75) is 6.18 Å². The summed E-state index contributed by atoms with van der Waals surface area (Å²) in [5, 5.41) is 11.1. The van der Waals surface area contributed by atoms with E-state index in [0.717, 1.165) is 6.07 Å². The molecule has 166 valence electrons. The monoisotopic (exact) mass is 471 g/mol. The van der Waals surface area contributed by atoms with E-state index >= 15 is 0 Å². The lowest BCUT2D eigenvalue weighted by Gasteiger charge is -2.15. The van der Waals surface area contributed by atoms with Gasteiger partial charge >= 0.3 is 6.18 Å². The number of halogens is 6. The van der Waals surface area contributed by atoms with E-state index in [1.165, 1.54) is 17.4 Å². The van der Waals surface area contributed by atoms with E-state index in [9.17, 15) is 26.7 Å². The zero-order valence-electron chi connectivity index (χ0n) is 15.7. The maximum Gasteiger partial charge on any atom is 0.434 e. The molecule has 0 spiro atoms. The van der Waals surface area contributed by atoms with Crippen molar-refractivity contribution in [3.8, 4) is 5.69 Å². The van der Waals surface area contributed by atoms with Crippen molar-refractivity contribution >= 4 is 35.2 Å². The first-order chi connectivity index (χ1) is 15.1. The highest BCUT2D eigenvalue weighted by atomic mass is 35.5. The number of nitrogens with one attached hydrogen (secondary N) is 2. The van der Waals surface area contributed by atoms with Crippen LogP contribution < -0.4 is 15.9 Å². The third-order valence-corrected chi connectivity index (χ3v) is 4.52. The zero-order valence-corrected chi connectivity index (χ0v) is 16.4. The topological polar surface area (TPSA) is 87.4 Å². The Morgan fingerprint density at radius 1 is 1.16 bits per heavy atom. The molecule has 3 aromatic rings. The van der Waals surface area contributed by atoms with Crippen LogP contribution in [0.15, 0.2) is 41.8 Å². The lowest BCUT2D eigenvalue weighted by Crippen LogP contribution is -2.29. The summed E-state index contributed by atoms with van der Waals surface area (Å²) in [6.07, 6.45) is -1.61. The second-order valence-electron chi connectivity index (χ2n) is 6.37. The van der Waals surface area contributed by atoms with Gasteiger partial charge in [-0.3, -0.25) is 4.79 Å². The van der Waals surface area contributed by atoms with Crippen LogP contribution in [0.2, 0.25) is 5.02 Å². The van der Waals surface area contributed by atoms with Crippen molar-refractivity contribution < 1.29 is 26.7 Å². The van der Waals surface area contributed by atoms with Crippen LogP contribution in [0.1, 0.15) is 16.1 Å². The van der Waals surface area contributed by atoms with Crippen molar-refractivity contribution in [3.05, 3.63) is 64.6 Å². The molecule has 2 N–H and O–H groups in total. The summed E-state index contributed by atoms with van der Waals surface area (Å²) < 4.78 is 68.2. The van der Waals surface area contributed by atoms with Gasteiger partial charge in [-0.1, -0.05) is 11.6 Å². The summed E-state index contributed by atoms with van der Waals surface area (Å²) in [5.41, 5.74) is 0.136. The summed E-state index contributed by atoms with van der Waals surface area (Å²) in [6, 6.07) is 3.38. The molecule has 14 heteroatoms. The van der Waals surface area contributed by atoms with E-state index in [2.05, 4.69) is 25.9 Å². The summed E-state index contributed by atoms with van der Waals surface area (Å²) in [4.78, 5) is 16.6. The Balaban J connectivity index is 1.65. The number of benzene rings is 1. The molecule has 0 aliphatic carbocycles. The van der Waals surface area contributed by atoms with E-state index in [1.54, 1.807) is 6.21 Å². The molecule has 0 radical (unpaired) electrons. The fourth-order valence-electron chi connectivity index (χ4n) is 2.87. The highest BCUT2D eigenvalue weighted by Crippen LogP contribution is 2.34. The lowest BCUT2D eigenvalue weighted by molar-refractivity contribution is -0.143. The predicted octanol–water partition coefficient (Wildman–Crippen LogP) is 3.78. The smallest absolute Gasteiger partial charge is 0.320 e. The number of hydrazone groups is 1. The van der Waals surface area contributed by atoms with E-state index in [4.69, 9.17) is 11.6 Å². The summed E-state index contributed by atoms with van der Waals surface area (Å²) in [7, 11) is 0. The average molecular weight is 472 g/mol. The zero-order chi connectivity index (χ0) is 23.0. The highest BCUT2D eigenvalue weighted by Gasteiger charge is 2.40. The normalized spacial score (nSPS) is 13.6. The van der Waals surface area contributed by atoms with Gasteiger partial charge in [-0.25, -0.2) is 23.9 Å². The number of hydrogen-bond acceptors (Lipinski definition) is 6. The number of nitrogens with zero attached hydrogens (tertiary/aromatic N) is 5. The third kappa shape index (κ3) is 4.11. The molecule has 0 fully saturated rings. The lowest BCUT2D eigenvalue weighted by atomic mass is 10.2. The van der Waals surface area contributed by atoms with Gasteiger partial charge in [0.25, 0.3) is 5.91 Å². The number of hydrogen-bond donors (Lipinski definition) is 2. The first-order valence-electron chi connectivity index (χ1n) is 8.79. The Bertz CT molecular complexity index is 1230. The Labute approximate surface area is 181 Å². The summed E-state index contributed by atoms with van der Waals surface area (Å²) in [6.45, 7) is 0.457. The second kappa shape index (κ2) is 8.16. The molecule has 4 rings (SSSR count). The van der Waals surface area contributed by atoms with Crippen LogP contribution in [0, 0.1) is 11.6 Å². The van der Waals surface area contributed by atoms with Crippen LogP contribution in [-0.4, -0.2) is 33.4 Å². The molecule has 1 aromatic carbocycles. The predicted molar refractivity (Wildman–Crippen MR) is 105 cm³/mol. The molecule has 2 aromatic heterocycles. The number of pyridine rings is 1. The Morgan fingerprint density at radius 3 is 2.56 bits per heavy atom.